The Morgan fingerprint density at radius 2 is 2.31 bits per heavy atom. The number of hydrogen-bond acceptors (Lipinski definition) is 4. The van der Waals surface area contributed by atoms with E-state index in [1.54, 1.807) is 0 Å². The predicted octanol–water partition coefficient (Wildman–Crippen LogP) is 2.67. The first-order chi connectivity index (χ1) is 7.51. The zero-order chi connectivity index (χ0) is 12.3. The van der Waals surface area contributed by atoms with E-state index in [2.05, 4.69) is 9.72 Å². The summed E-state index contributed by atoms with van der Waals surface area (Å²) in [5, 5.41) is 10.6. The lowest BCUT2D eigenvalue weighted by Crippen LogP contribution is -2.04. The standard InChI is InChI=1S/C8H7ClF2N2O3/c1-16-5-2-4(3-9)7(13(14)15)6(12-5)8(10)11/h2,8H,3H2,1H3. The van der Waals surface area contributed by atoms with Crippen molar-refractivity contribution in [1.29, 1.82) is 0 Å². The summed E-state index contributed by atoms with van der Waals surface area (Å²) >= 11 is 5.45. The summed E-state index contributed by atoms with van der Waals surface area (Å²) in [4.78, 5) is 13.1. The van der Waals surface area contributed by atoms with Crippen LogP contribution in [-0.2, 0) is 5.88 Å². The number of nitrogens with zero attached hydrogens (tertiary/aromatic N) is 2. The zero-order valence-corrected chi connectivity index (χ0v) is 8.87. The molecule has 88 valence electrons. The van der Waals surface area contributed by atoms with Gasteiger partial charge in [0.2, 0.25) is 5.88 Å². The van der Waals surface area contributed by atoms with Crippen LogP contribution in [0.2, 0.25) is 0 Å². The van der Waals surface area contributed by atoms with Crippen LogP contribution in [0.1, 0.15) is 17.7 Å². The number of aromatic nitrogens is 1. The zero-order valence-electron chi connectivity index (χ0n) is 8.11. The largest absolute Gasteiger partial charge is 0.481 e. The molecule has 0 aromatic carbocycles. The molecule has 0 aliphatic rings. The molecule has 0 aliphatic heterocycles. The van der Waals surface area contributed by atoms with Crippen LogP contribution in [0.25, 0.3) is 0 Å². The number of halogens is 3. The SMILES string of the molecule is COc1cc(CCl)c([N+](=O)[O-])c(C(F)F)n1. The van der Waals surface area contributed by atoms with Gasteiger partial charge in [0.05, 0.1) is 23.5 Å². The highest BCUT2D eigenvalue weighted by Crippen LogP contribution is 2.33. The highest BCUT2D eigenvalue weighted by Gasteiger charge is 2.28. The van der Waals surface area contributed by atoms with Gasteiger partial charge >= 0.3 is 5.69 Å². The molecule has 1 aromatic rings. The van der Waals surface area contributed by atoms with E-state index in [0.717, 1.165) is 6.07 Å². The summed E-state index contributed by atoms with van der Waals surface area (Å²) in [5.41, 5.74) is -1.74. The first kappa shape index (κ1) is 12.6. The van der Waals surface area contributed by atoms with Crippen molar-refractivity contribution in [2.75, 3.05) is 7.11 Å². The summed E-state index contributed by atoms with van der Waals surface area (Å²) in [6, 6.07) is 1.16. The Hall–Kier alpha value is -1.50. The van der Waals surface area contributed by atoms with Crippen LogP contribution in [0.4, 0.5) is 14.5 Å². The van der Waals surface area contributed by atoms with Gasteiger partial charge in [-0.15, -0.1) is 11.6 Å². The van der Waals surface area contributed by atoms with Crippen molar-refractivity contribution < 1.29 is 18.4 Å². The second kappa shape index (κ2) is 5.02. The molecule has 0 fully saturated rings. The van der Waals surface area contributed by atoms with E-state index in [9.17, 15) is 18.9 Å². The number of pyridine rings is 1. The van der Waals surface area contributed by atoms with Crippen molar-refractivity contribution in [3.63, 3.8) is 0 Å². The third-order valence-electron chi connectivity index (χ3n) is 1.82. The van der Waals surface area contributed by atoms with Crippen LogP contribution in [0, 0.1) is 10.1 Å². The smallest absolute Gasteiger partial charge is 0.301 e. The quantitative estimate of drug-likeness (QED) is 0.469. The molecule has 0 radical (unpaired) electrons. The van der Waals surface area contributed by atoms with E-state index in [1.165, 1.54) is 7.11 Å². The summed E-state index contributed by atoms with van der Waals surface area (Å²) in [7, 11) is 1.22. The minimum atomic E-state index is -3.06. The maximum atomic E-state index is 12.6. The van der Waals surface area contributed by atoms with Gasteiger partial charge in [-0.05, 0) is 0 Å². The van der Waals surface area contributed by atoms with Crippen molar-refractivity contribution in [3.8, 4) is 5.88 Å². The van der Waals surface area contributed by atoms with E-state index in [0.29, 0.717) is 0 Å². The Morgan fingerprint density at radius 1 is 1.69 bits per heavy atom. The molecule has 1 aromatic heterocycles. The van der Waals surface area contributed by atoms with Crippen molar-refractivity contribution in [2.24, 2.45) is 0 Å². The van der Waals surface area contributed by atoms with Gasteiger partial charge in [0.15, 0.2) is 5.69 Å². The van der Waals surface area contributed by atoms with Crippen molar-refractivity contribution in [3.05, 3.63) is 27.4 Å². The molecule has 0 atom stereocenters. The molecular weight excluding hydrogens is 246 g/mol. The number of alkyl halides is 3. The van der Waals surface area contributed by atoms with Gasteiger partial charge in [-0.25, -0.2) is 13.8 Å². The first-order valence-electron chi connectivity index (χ1n) is 4.07. The lowest BCUT2D eigenvalue weighted by atomic mass is 10.2. The van der Waals surface area contributed by atoms with Gasteiger partial charge in [0.25, 0.3) is 6.43 Å². The fourth-order valence-corrected chi connectivity index (χ4v) is 1.36. The highest BCUT2D eigenvalue weighted by molar-refractivity contribution is 6.17. The van der Waals surface area contributed by atoms with E-state index in [1.807, 2.05) is 0 Å². The fourth-order valence-electron chi connectivity index (χ4n) is 1.16. The Kier molecular flexibility index (Phi) is 3.94. The van der Waals surface area contributed by atoms with Gasteiger partial charge in [0, 0.05) is 6.07 Å². The van der Waals surface area contributed by atoms with Gasteiger partial charge in [0.1, 0.15) is 0 Å². The minimum absolute atomic E-state index is 0.0474. The third kappa shape index (κ3) is 2.35. The minimum Gasteiger partial charge on any atom is -0.481 e. The molecule has 0 spiro atoms. The molecule has 5 nitrogen and oxygen atoms in total. The maximum absolute atomic E-state index is 12.6. The van der Waals surface area contributed by atoms with Crippen LogP contribution < -0.4 is 4.74 Å². The number of hydrogen-bond donors (Lipinski definition) is 0. The van der Waals surface area contributed by atoms with E-state index in [4.69, 9.17) is 11.6 Å². The van der Waals surface area contributed by atoms with Crippen LogP contribution >= 0.6 is 11.6 Å². The van der Waals surface area contributed by atoms with Crippen LogP contribution in [-0.4, -0.2) is 17.0 Å². The lowest BCUT2D eigenvalue weighted by molar-refractivity contribution is -0.387. The average Bonchev–Trinajstić information content (AvgIpc) is 2.26. The molecule has 1 heterocycles. The Bertz CT molecular complexity index is 415. The maximum Gasteiger partial charge on any atom is 0.301 e. The molecule has 1 rings (SSSR count). The van der Waals surface area contributed by atoms with E-state index < -0.39 is 22.7 Å². The van der Waals surface area contributed by atoms with Gasteiger partial charge in [-0.2, -0.15) is 0 Å². The monoisotopic (exact) mass is 252 g/mol. The summed E-state index contributed by atoms with van der Waals surface area (Å²) in [5.74, 6) is -0.397. The predicted molar refractivity (Wildman–Crippen MR) is 52.0 cm³/mol. The second-order valence-corrected chi connectivity index (χ2v) is 3.02. The number of methoxy groups -OCH3 is 1. The van der Waals surface area contributed by atoms with Gasteiger partial charge < -0.3 is 4.74 Å². The topological polar surface area (TPSA) is 65.3 Å². The molecule has 16 heavy (non-hydrogen) atoms. The Balaban J connectivity index is 3.47. The van der Waals surface area contributed by atoms with E-state index >= 15 is 0 Å². The molecule has 8 heteroatoms. The van der Waals surface area contributed by atoms with Gasteiger partial charge in [-0.3, -0.25) is 10.1 Å². The molecule has 0 saturated carbocycles. The summed E-state index contributed by atoms with van der Waals surface area (Å²) in [6.07, 6.45) is -3.06. The van der Waals surface area contributed by atoms with E-state index in [-0.39, 0.29) is 17.3 Å². The normalized spacial score (nSPS) is 10.6. The number of rotatable bonds is 4. The lowest BCUT2D eigenvalue weighted by Gasteiger charge is -2.07. The Morgan fingerprint density at radius 3 is 2.69 bits per heavy atom. The summed E-state index contributed by atoms with van der Waals surface area (Å²) < 4.78 is 29.8. The van der Waals surface area contributed by atoms with Gasteiger partial charge in [-0.1, -0.05) is 0 Å². The third-order valence-corrected chi connectivity index (χ3v) is 2.11. The molecule has 0 saturated heterocycles. The number of nitro groups is 1. The molecule has 0 amide bonds. The van der Waals surface area contributed by atoms with Crippen LogP contribution in [0.15, 0.2) is 6.07 Å². The van der Waals surface area contributed by atoms with Crippen molar-refractivity contribution in [2.45, 2.75) is 12.3 Å². The highest BCUT2D eigenvalue weighted by atomic mass is 35.5. The molecule has 0 unspecified atom stereocenters. The molecule has 0 aliphatic carbocycles. The first-order valence-corrected chi connectivity index (χ1v) is 4.61. The molecule has 0 bridgehead atoms. The van der Waals surface area contributed by atoms with Crippen LogP contribution in [0.5, 0.6) is 5.88 Å². The molecule has 0 N–H and O–H groups in total. The fraction of sp³-hybridized carbons (Fsp3) is 0.375. The van der Waals surface area contributed by atoms with Crippen molar-refractivity contribution >= 4 is 17.3 Å². The average molecular weight is 253 g/mol. The summed E-state index contributed by atoms with van der Waals surface area (Å²) in [6.45, 7) is 0. The number of ether oxygens (including phenoxy) is 1. The van der Waals surface area contributed by atoms with Crippen LogP contribution in [0.3, 0.4) is 0 Å². The van der Waals surface area contributed by atoms with Crippen molar-refractivity contribution in [1.82, 2.24) is 4.98 Å². The second-order valence-electron chi connectivity index (χ2n) is 2.75. The molecular formula is C8H7ClF2N2O3. The Labute approximate surface area is 94.1 Å².